The molecule has 1 heterocycles. The summed E-state index contributed by atoms with van der Waals surface area (Å²) in [5, 5.41) is 13.8. The molecule has 0 aliphatic carbocycles. The highest BCUT2D eigenvalue weighted by molar-refractivity contribution is 5.74. The zero-order valence-corrected chi connectivity index (χ0v) is 8.68. The first-order chi connectivity index (χ1) is 8.28. The van der Waals surface area contributed by atoms with Gasteiger partial charge in [-0.2, -0.15) is 18.3 Å². The molecule has 0 spiro atoms. The summed E-state index contributed by atoms with van der Waals surface area (Å²) in [6.45, 7) is -2.12. The molecule has 18 heavy (non-hydrogen) atoms. The Morgan fingerprint density at radius 3 is 2.78 bits per heavy atom. The van der Waals surface area contributed by atoms with E-state index in [2.05, 4.69) is 9.94 Å². The summed E-state index contributed by atoms with van der Waals surface area (Å²) in [7, 11) is 0. The van der Waals surface area contributed by atoms with Crippen LogP contribution in [0.1, 0.15) is 0 Å². The van der Waals surface area contributed by atoms with Crippen LogP contribution in [0.3, 0.4) is 0 Å². The normalized spacial score (nSPS) is 11.3. The van der Waals surface area contributed by atoms with Gasteiger partial charge in [0.25, 0.3) is 5.91 Å². The molecule has 1 aromatic heterocycles. The molecule has 0 atom stereocenters. The minimum Gasteiger partial charge on any atom is -0.271 e. The van der Waals surface area contributed by atoms with Gasteiger partial charge in [-0.05, 0) is 0 Å². The van der Waals surface area contributed by atoms with Crippen molar-refractivity contribution in [1.29, 1.82) is 0 Å². The highest BCUT2D eigenvalue weighted by Gasteiger charge is 2.28. The Morgan fingerprint density at radius 2 is 2.28 bits per heavy atom. The Morgan fingerprint density at radius 1 is 1.61 bits per heavy atom. The van der Waals surface area contributed by atoms with E-state index in [0.29, 0.717) is 0 Å². The number of nitrogens with zero attached hydrogens (tertiary/aromatic N) is 3. The van der Waals surface area contributed by atoms with Gasteiger partial charge in [-0.25, -0.2) is 5.48 Å². The molecular formula is C7H7F3N4O4. The van der Waals surface area contributed by atoms with Crippen LogP contribution < -0.4 is 5.48 Å². The van der Waals surface area contributed by atoms with Crippen LogP contribution in [-0.4, -0.2) is 33.4 Å². The molecule has 0 fully saturated rings. The zero-order chi connectivity index (χ0) is 13.8. The fraction of sp³-hybridized carbons (Fsp3) is 0.429. The van der Waals surface area contributed by atoms with Crippen LogP contribution >= 0.6 is 0 Å². The largest absolute Gasteiger partial charge is 0.414 e. The van der Waals surface area contributed by atoms with Crippen molar-refractivity contribution < 1.29 is 27.7 Å². The van der Waals surface area contributed by atoms with E-state index in [1.54, 1.807) is 0 Å². The fourth-order valence-electron chi connectivity index (χ4n) is 0.911. The molecule has 1 amide bonds. The molecular weight excluding hydrogens is 261 g/mol. The monoisotopic (exact) mass is 268 g/mol. The Kier molecular flexibility index (Phi) is 4.20. The van der Waals surface area contributed by atoms with Gasteiger partial charge in [0.15, 0.2) is 6.61 Å². The third kappa shape index (κ3) is 4.78. The number of hydrogen-bond acceptors (Lipinski definition) is 5. The smallest absolute Gasteiger partial charge is 0.271 e. The number of amides is 1. The van der Waals surface area contributed by atoms with Crippen molar-refractivity contribution in [3.05, 3.63) is 22.5 Å². The van der Waals surface area contributed by atoms with Gasteiger partial charge in [-0.1, -0.05) is 0 Å². The van der Waals surface area contributed by atoms with Gasteiger partial charge in [-0.15, -0.1) is 0 Å². The molecule has 1 rings (SSSR count). The zero-order valence-electron chi connectivity index (χ0n) is 8.68. The Labute approximate surface area is 97.4 Å². The summed E-state index contributed by atoms with van der Waals surface area (Å²) in [5.41, 5.74) is 1.20. The molecule has 8 nitrogen and oxygen atoms in total. The summed E-state index contributed by atoms with van der Waals surface area (Å²) in [4.78, 5) is 24.5. The lowest BCUT2D eigenvalue weighted by Gasteiger charge is -2.07. The van der Waals surface area contributed by atoms with E-state index in [9.17, 15) is 28.1 Å². The standard InChI is InChI=1S/C7H7F3N4O4/c8-7(9,10)4-18-12-6(15)3-13-2-5(1-11-13)14(16)17/h1-2H,3-4H2,(H,12,15). The van der Waals surface area contributed by atoms with Crippen LogP contribution in [-0.2, 0) is 16.2 Å². The quantitative estimate of drug-likeness (QED) is 0.615. The number of nitrogens with one attached hydrogen (secondary N) is 1. The van der Waals surface area contributed by atoms with E-state index in [-0.39, 0.29) is 5.69 Å². The number of nitro groups is 1. The maximum absolute atomic E-state index is 11.7. The summed E-state index contributed by atoms with van der Waals surface area (Å²) >= 11 is 0. The van der Waals surface area contributed by atoms with E-state index in [1.165, 1.54) is 5.48 Å². The number of halogens is 3. The van der Waals surface area contributed by atoms with Gasteiger partial charge >= 0.3 is 11.9 Å². The number of hydroxylamine groups is 1. The summed E-state index contributed by atoms with van der Waals surface area (Å²) in [6, 6.07) is 0. The third-order valence-corrected chi connectivity index (χ3v) is 1.56. The van der Waals surface area contributed by atoms with Crippen LogP contribution in [0, 0.1) is 10.1 Å². The van der Waals surface area contributed by atoms with E-state index in [1.807, 2.05) is 0 Å². The Balaban J connectivity index is 2.38. The van der Waals surface area contributed by atoms with Crippen molar-refractivity contribution in [1.82, 2.24) is 15.3 Å². The van der Waals surface area contributed by atoms with Gasteiger partial charge in [0.05, 0.1) is 4.92 Å². The molecule has 0 radical (unpaired) electrons. The second-order valence-electron chi connectivity index (χ2n) is 3.08. The van der Waals surface area contributed by atoms with Gasteiger partial charge in [0.2, 0.25) is 0 Å². The molecule has 100 valence electrons. The first-order valence-corrected chi connectivity index (χ1v) is 4.42. The molecule has 0 unspecified atom stereocenters. The Bertz CT molecular complexity index is 444. The highest BCUT2D eigenvalue weighted by atomic mass is 19.4. The van der Waals surface area contributed by atoms with Crippen molar-refractivity contribution in [2.24, 2.45) is 0 Å². The lowest BCUT2D eigenvalue weighted by atomic mass is 10.6. The predicted molar refractivity (Wildman–Crippen MR) is 49.0 cm³/mol. The molecule has 11 heteroatoms. The molecule has 1 aromatic rings. The number of alkyl halides is 3. The molecule has 0 bridgehead atoms. The van der Waals surface area contributed by atoms with Crippen molar-refractivity contribution in [2.75, 3.05) is 6.61 Å². The van der Waals surface area contributed by atoms with Gasteiger partial charge < -0.3 is 0 Å². The number of aromatic nitrogens is 2. The van der Waals surface area contributed by atoms with E-state index in [0.717, 1.165) is 17.1 Å². The fourth-order valence-corrected chi connectivity index (χ4v) is 0.911. The number of rotatable bonds is 5. The molecule has 0 saturated carbocycles. The number of hydrogen-bond donors (Lipinski definition) is 1. The summed E-state index contributed by atoms with van der Waals surface area (Å²) in [6.07, 6.45) is -2.69. The predicted octanol–water partition coefficient (Wildman–Crippen LogP) is 0.401. The second kappa shape index (κ2) is 5.44. The Hall–Kier alpha value is -2.17. The summed E-state index contributed by atoms with van der Waals surface area (Å²) < 4.78 is 35.9. The van der Waals surface area contributed by atoms with Crippen LogP contribution in [0.25, 0.3) is 0 Å². The van der Waals surface area contributed by atoms with Crippen molar-refractivity contribution in [3.8, 4) is 0 Å². The van der Waals surface area contributed by atoms with E-state index < -0.39 is 30.2 Å². The maximum Gasteiger partial charge on any atom is 0.414 e. The topological polar surface area (TPSA) is 99.3 Å². The van der Waals surface area contributed by atoms with E-state index >= 15 is 0 Å². The SMILES string of the molecule is O=C(Cn1cc([N+](=O)[O-])cn1)NOCC(F)(F)F. The first kappa shape index (κ1) is 13.9. The first-order valence-electron chi connectivity index (χ1n) is 4.42. The van der Waals surface area contributed by atoms with E-state index in [4.69, 9.17) is 0 Å². The lowest BCUT2D eigenvalue weighted by molar-refractivity contribution is -0.385. The van der Waals surface area contributed by atoms with Crippen LogP contribution in [0.15, 0.2) is 12.4 Å². The van der Waals surface area contributed by atoms with Crippen LogP contribution in [0.5, 0.6) is 0 Å². The molecule has 1 N–H and O–H groups in total. The lowest BCUT2D eigenvalue weighted by Crippen LogP contribution is -2.32. The minimum atomic E-state index is -4.56. The molecule has 0 aliphatic heterocycles. The molecule has 0 saturated heterocycles. The van der Waals surface area contributed by atoms with Crippen molar-refractivity contribution in [2.45, 2.75) is 12.7 Å². The second-order valence-corrected chi connectivity index (χ2v) is 3.08. The average molecular weight is 268 g/mol. The van der Waals surface area contributed by atoms with Gasteiger partial charge in [-0.3, -0.25) is 24.4 Å². The van der Waals surface area contributed by atoms with Crippen LogP contribution in [0.2, 0.25) is 0 Å². The average Bonchev–Trinajstić information content (AvgIpc) is 2.64. The third-order valence-electron chi connectivity index (χ3n) is 1.56. The van der Waals surface area contributed by atoms with Gasteiger partial charge in [0, 0.05) is 0 Å². The summed E-state index contributed by atoms with van der Waals surface area (Å²) in [5.74, 6) is -0.919. The van der Waals surface area contributed by atoms with Crippen LogP contribution in [0.4, 0.5) is 18.9 Å². The number of carbonyl (C=O) groups is 1. The molecule has 0 aromatic carbocycles. The van der Waals surface area contributed by atoms with Gasteiger partial charge in [0.1, 0.15) is 18.9 Å². The minimum absolute atomic E-state index is 0.334. The highest BCUT2D eigenvalue weighted by Crippen LogP contribution is 2.13. The maximum atomic E-state index is 11.7. The van der Waals surface area contributed by atoms with Crippen molar-refractivity contribution in [3.63, 3.8) is 0 Å². The van der Waals surface area contributed by atoms with Crippen molar-refractivity contribution >= 4 is 11.6 Å². The molecule has 0 aliphatic rings. The number of carbonyl (C=O) groups excluding carboxylic acids is 1.